The fourth-order valence-electron chi connectivity index (χ4n) is 4.70. The average molecular weight is 653 g/mol. The molecule has 1 unspecified atom stereocenters. The van der Waals surface area contributed by atoms with E-state index in [1.54, 1.807) is 66.7 Å². The standard InChI is InChI=1S/C34H35Cl2N3O4S/c1-2-3-22-37-34(41)32(23-26-10-6-4-7-11-26)38(24-27-14-16-28(35)17-15-27)33(40)25-39(30-20-18-29(36)19-21-30)44(42,43)31-12-8-5-9-13-31/h4-21,32H,2-3,22-25H2,1H3,(H,37,41). The Morgan fingerprint density at radius 2 is 1.34 bits per heavy atom. The summed E-state index contributed by atoms with van der Waals surface area (Å²) < 4.78 is 29.0. The van der Waals surface area contributed by atoms with Gasteiger partial charge in [-0.25, -0.2) is 8.42 Å². The van der Waals surface area contributed by atoms with Crippen LogP contribution in [0.5, 0.6) is 0 Å². The first kappa shape index (κ1) is 33.1. The molecule has 0 aromatic heterocycles. The molecule has 0 saturated heterocycles. The Kier molecular flexibility index (Phi) is 11.8. The maximum absolute atomic E-state index is 14.4. The van der Waals surface area contributed by atoms with Crippen LogP contribution in [0.4, 0.5) is 5.69 Å². The normalized spacial score (nSPS) is 11.9. The highest BCUT2D eigenvalue weighted by atomic mass is 35.5. The van der Waals surface area contributed by atoms with Gasteiger partial charge in [-0.3, -0.25) is 13.9 Å². The molecule has 4 rings (SSSR count). The quantitative estimate of drug-likeness (QED) is 0.153. The lowest BCUT2D eigenvalue weighted by atomic mass is 10.0. The predicted molar refractivity (Wildman–Crippen MR) is 176 cm³/mol. The fourth-order valence-corrected chi connectivity index (χ4v) is 6.39. The first-order chi connectivity index (χ1) is 21.2. The van der Waals surface area contributed by atoms with E-state index >= 15 is 0 Å². The molecule has 0 aliphatic carbocycles. The number of hydrogen-bond acceptors (Lipinski definition) is 4. The Hall–Kier alpha value is -3.85. The molecule has 0 spiro atoms. The molecule has 1 atom stereocenters. The van der Waals surface area contributed by atoms with Crippen LogP contribution < -0.4 is 9.62 Å². The lowest BCUT2D eigenvalue weighted by Gasteiger charge is -2.34. The summed E-state index contributed by atoms with van der Waals surface area (Å²) in [5.74, 6) is -0.852. The minimum absolute atomic E-state index is 0.0325. The molecule has 2 amide bonds. The van der Waals surface area contributed by atoms with Gasteiger partial charge < -0.3 is 10.2 Å². The summed E-state index contributed by atoms with van der Waals surface area (Å²) in [6, 6.07) is 29.7. The second kappa shape index (κ2) is 15.7. The van der Waals surface area contributed by atoms with Crippen LogP contribution in [-0.4, -0.2) is 44.3 Å². The van der Waals surface area contributed by atoms with E-state index in [1.165, 1.54) is 17.0 Å². The van der Waals surface area contributed by atoms with E-state index in [0.29, 0.717) is 16.6 Å². The monoisotopic (exact) mass is 651 g/mol. The predicted octanol–water partition coefficient (Wildman–Crippen LogP) is 6.75. The Bertz CT molecular complexity index is 1620. The first-order valence-electron chi connectivity index (χ1n) is 14.4. The number of unbranched alkanes of at least 4 members (excludes halogenated alkanes) is 1. The van der Waals surface area contributed by atoms with Crippen LogP contribution >= 0.6 is 23.2 Å². The third-order valence-electron chi connectivity index (χ3n) is 7.09. The molecule has 0 heterocycles. The van der Waals surface area contributed by atoms with Crippen LogP contribution in [0.3, 0.4) is 0 Å². The third kappa shape index (κ3) is 8.85. The van der Waals surface area contributed by atoms with Crippen molar-refractivity contribution in [2.75, 3.05) is 17.4 Å². The van der Waals surface area contributed by atoms with Crippen molar-refractivity contribution >= 4 is 50.7 Å². The summed E-state index contributed by atoms with van der Waals surface area (Å²) >= 11 is 12.2. The second-order valence-electron chi connectivity index (χ2n) is 10.3. The SMILES string of the molecule is CCCCNC(=O)C(Cc1ccccc1)N(Cc1ccc(Cl)cc1)C(=O)CN(c1ccc(Cl)cc1)S(=O)(=O)c1ccccc1. The van der Waals surface area contributed by atoms with Gasteiger partial charge in [-0.1, -0.05) is 97.2 Å². The van der Waals surface area contributed by atoms with Crippen LogP contribution in [0.2, 0.25) is 10.0 Å². The van der Waals surface area contributed by atoms with Crippen LogP contribution in [0.1, 0.15) is 30.9 Å². The number of hydrogen-bond donors (Lipinski definition) is 1. The molecule has 1 N–H and O–H groups in total. The van der Waals surface area contributed by atoms with E-state index in [4.69, 9.17) is 23.2 Å². The Morgan fingerprint density at radius 3 is 1.93 bits per heavy atom. The molecule has 230 valence electrons. The Morgan fingerprint density at radius 1 is 0.773 bits per heavy atom. The molecule has 4 aromatic carbocycles. The molecule has 0 radical (unpaired) electrons. The molecule has 0 aliphatic heterocycles. The zero-order valence-corrected chi connectivity index (χ0v) is 26.7. The highest BCUT2D eigenvalue weighted by molar-refractivity contribution is 7.92. The number of rotatable bonds is 14. The molecule has 0 fully saturated rings. The summed E-state index contributed by atoms with van der Waals surface area (Å²) in [4.78, 5) is 29.6. The van der Waals surface area contributed by atoms with E-state index in [0.717, 1.165) is 28.3 Å². The molecule has 0 bridgehead atoms. The lowest BCUT2D eigenvalue weighted by Crippen LogP contribution is -2.53. The molecule has 0 saturated carbocycles. The van der Waals surface area contributed by atoms with Gasteiger partial charge in [0.1, 0.15) is 12.6 Å². The summed E-state index contributed by atoms with van der Waals surface area (Å²) in [6.45, 7) is 2.01. The number of sulfonamides is 1. The summed E-state index contributed by atoms with van der Waals surface area (Å²) in [5.41, 5.74) is 1.87. The zero-order chi connectivity index (χ0) is 31.5. The van der Waals surface area contributed by atoms with Crippen LogP contribution in [0.15, 0.2) is 114 Å². The number of halogens is 2. The maximum atomic E-state index is 14.4. The number of carbonyl (C=O) groups excluding carboxylic acids is 2. The number of nitrogens with one attached hydrogen (secondary N) is 1. The number of nitrogens with zero attached hydrogens (tertiary/aromatic N) is 2. The minimum atomic E-state index is -4.17. The molecule has 10 heteroatoms. The fraction of sp³-hybridized carbons (Fsp3) is 0.235. The van der Waals surface area contributed by atoms with Gasteiger partial charge in [-0.05, 0) is 66.1 Å². The molecule has 4 aromatic rings. The molecule has 7 nitrogen and oxygen atoms in total. The summed E-state index contributed by atoms with van der Waals surface area (Å²) in [7, 11) is -4.17. The van der Waals surface area contributed by atoms with E-state index in [9.17, 15) is 18.0 Å². The van der Waals surface area contributed by atoms with E-state index < -0.39 is 28.5 Å². The highest BCUT2D eigenvalue weighted by Gasteiger charge is 2.34. The Labute approximate surface area is 269 Å². The molecule has 0 aliphatic rings. The van der Waals surface area contributed by atoms with Crippen molar-refractivity contribution in [3.05, 3.63) is 130 Å². The minimum Gasteiger partial charge on any atom is -0.354 e. The summed E-state index contributed by atoms with van der Waals surface area (Å²) in [5, 5.41) is 3.94. The van der Waals surface area contributed by atoms with Crippen LogP contribution in [0, 0.1) is 0 Å². The van der Waals surface area contributed by atoms with Crippen molar-refractivity contribution in [3.8, 4) is 0 Å². The number of carbonyl (C=O) groups is 2. The van der Waals surface area contributed by atoms with E-state index in [-0.39, 0.29) is 29.5 Å². The van der Waals surface area contributed by atoms with Gasteiger partial charge in [0.25, 0.3) is 10.0 Å². The van der Waals surface area contributed by atoms with Crippen molar-refractivity contribution in [3.63, 3.8) is 0 Å². The van der Waals surface area contributed by atoms with Gasteiger partial charge in [0, 0.05) is 29.6 Å². The zero-order valence-electron chi connectivity index (χ0n) is 24.4. The van der Waals surface area contributed by atoms with Gasteiger partial charge in [0.2, 0.25) is 11.8 Å². The van der Waals surface area contributed by atoms with Gasteiger partial charge in [0.05, 0.1) is 10.6 Å². The molecular weight excluding hydrogens is 617 g/mol. The highest BCUT2D eigenvalue weighted by Crippen LogP contribution is 2.26. The second-order valence-corrected chi connectivity index (χ2v) is 13.0. The van der Waals surface area contributed by atoms with Crippen molar-refractivity contribution in [2.45, 2.75) is 43.7 Å². The molecule has 44 heavy (non-hydrogen) atoms. The topological polar surface area (TPSA) is 86.8 Å². The van der Waals surface area contributed by atoms with Crippen LogP contribution in [-0.2, 0) is 32.6 Å². The van der Waals surface area contributed by atoms with Gasteiger partial charge in [-0.15, -0.1) is 0 Å². The van der Waals surface area contributed by atoms with Gasteiger partial charge in [0.15, 0.2) is 0 Å². The first-order valence-corrected chi connectivity index (χ1v) is 16.6. The average Bonchev–Trinajstić information content (AvgIpc) is 3.03. The van der Waals surface area contributed by atoms with Crippen molar-refractivity contribution in [1.82, 2.24) is 10.2 Å². The van der Waals surface area contributed by atoms with Crippen molar-refractivity contribution in [1.29, 1.82) is 0 Å². The summed E-state index contributed by atoms with van der Waals surface area (Å²) in [6.07, 6.45) is 1.92. The van der Waals surface area contributed by atoms with Crippen molar-refractivity contribution in [2.24, 2.45) is 0 Å². The van der Waals surface area contributed by atoms with Crippen LogP contribution in [0.25, 0.3) is 0 Å². The van der Waals surface area contributed by atoms with E-state index in [1.807, 2.05) is 37.3 Å². The molecular formula is C34H35Cl2N3O4S. The van der Waals surface area contributed by atoms with Gasteiger partial charge in [-0.2, -0.15) is 0 Å². The smallest absolute Gasteiger partial charge is 0.264 e. The largest absolute Gasteiger partial charge is 0.354 e. The van der Waals surface area contributed by atoms with Crippen molar-refractivity contribution < 1.29 is 18.0 Å². The Balaban J connectivity index is 1.77. The number of amides is 2. The number of anilines is 1. The number of benzene rings is 4. The third-order valence-corrected chi connectivity index (χ3v) is 9.38. The van der Waals surface area contributed by atoms with E-state index in [2.05, 4.69) is 5.32 Å². The lowest BCUT2D eigenvalue weighted by molar-refractivity contribution is -0.140. The maximum Gasteiger partial charge on any atom is 0.264 e. The van der Waals surface area contributed by atoms with Gasteiger partial charge >= 0.3 is 0 Å².